The Balaban J connectivity index is 1.99. The molecule has 21 heavy (non-hydrogen) atoms. The molecule has 0 radical (unpaired) electrons. The highest BCUT2D eigenvalue weighted by molar-refractivity contribution is 8.14. The van der Waals surface area contributed by atoms with Crippen LogP contribution in [0.15, 0.2) is 36.4 Å². The fraction of sp³-hybridized carbons (Fsp3) is 0.250. The molecule has 1 amide bonds. The van der Waals surface area contributed by atoms with E-state index in [2.05, 4.69) is 0 Å². The van der Waals surface area contributed by atoms with Gasteiger partial charge in [-0.1, -0.05) is 30.0 Å². The van der Waals surface area contributed by atoms with Crippen molar-refractivity contribution in [3.05, 3.63) is 36.4 Å². The van der Waals surface area contributed by atoms with Gasteiger partial charge < -0.3 is 10.0 Å². The normalized spacial score (nSPS) is 18.4. The number of carbonyl (C=O) groups excluding carboxylic acids is 2. The molecule has 0 aromatic heterocycles. The summed E-state index contributed by atoms with van der Waals surface area (Å²) in [6.45, 7) is 2.05. The van der Waals surface area contributed by atoms with Gasteiger partial charge in [-0.2, -0.15) is 0 Å². The quantitative estimate of drug-likeness (QED) is 0.926. The number of nitrogens with zero attached hydrogens (tertiary/aromatic N) is 1. The number of phenolic OH excluding ortho intramolecular Hbond substituents is 1. The van der Waals surface area contributed by atoms with Gasteiger partial charge in [0, 0.05) is 30.5 Å². The Labute approximate surface area is 126 Å². The lowest BCUT2D eigenvalue weighted by molar-refractivity contribution is -0.117. The smallest absolute Gasteiger partial charge is 0.228 e. The average Bonchev–Trinajstić information content (AvgIpc) is 2.77. The topological polar surface area (TPSA) is 57.6 Å². The summed E-state index contributed by atoms with van der Waals surface area (Å²) in [5, 5.41) is 11.5. The van der Waals surface area contributed by atoms with E-state index in [1.807, 2.05) is 24.3 Å². The van der Waals surface area contributed by atoms with E-state index in [1.165, 1.54) is 18.7 Å². The molecule has 1 heterocycles. The second-order valence-corrected chi connectivity index (χ2v) is 6.60. The van der Waals surface area contributed by atoms with Crippen LogP contribution in [0.5, 0.6) is 5.75 Å². The van der Waals surface area contributed by atoms with Gasteiger partial charge in [-0.05, 0) is 23.6 Å². The molecule has 1 fully saturated rings. The van der Waals surface area contributed by atoms with Crippen LogP contribution in [-0.2, 0) is 9.59 Å². The van der Waals surface area contributed by atoms with E-state index in [4.69, 9.17) is 0 Å². The van der Waals surface area contributed by atoms with Gasteiger partial charge in [0.2, 0.25) is 5.91 Å². The van der Waals surface area contributed by atoms with Crippen LogP contribution in [0.3, 0.4) is 0 Å². The van der Waals surface area contributed by atoms with Crippen LogP contribution in [0, 0.1) is 0 Å². The zero-order chi connectivity index (χ0) is 15.0. The minimum absolute atomic E-state index is 0.00238. The largest absolute Gasteiger partial charge is 0.508 e. The van der Waals surface area contributed by atoms with Crippen molar-refractivity contribution in [3.63, 3.8) is 0 Å². The molecule has 4 nitrogen and oxygen atoms in total. The van der Waals surface area contributed by atoms with Crippen molar-refractivity contribution in [2.45, 2.75) is 18.6 Å². The van der Waals surface area contributed by atoms with Gasteiger partial charge in [0.15, 0.2) is 5.12 Å². The number of aromatic hydroxyl groups is 1. The Bertz CT molecular complexity index is 729. The fourth-order valence-corrected chi connectivity index (χ4v) is 3.62. The van der Waals surface area contributed by atoms with Gasteiger partial charge in [0.05, 0.1) is 5.69 Å². The monoisotopic (exact) mass is 301 g/mol. The lowest BCUT2D eigenvalue weighted by Gasteiger charge is -2.19. The summed E-state index contributed by atoms with van der Waals surface area (Å²) in [6, 6.07) is 10.8. The lowest BCUT2D eigenvalue weighted by Crippen LogP contribution is -2.25. The first-order valence-electron chi connectivity index (χ1n) is 6.74. The summed E-state index contributed by atoms with van der Waals surface area (Å²) in [5.41, 5.74) is 0.792. The molecule has 108 valence electrons. The van der Waals surface area contributed by atoms with Crippen molar-refractivity contribution in [1.82, 2.24) is 0 Å². The molecule has 5 heteroatoms. The minimum atomic E-state index is 0.00238. The van der Waals surface area contributed by atoms with E-state index in [0.717, 1.165) is 16.5 Å². The third-order valence-electron chi connectivity index (χ3n) is 3.56. The number of carbonyl (C=O) groups is 2. The third-order valence-corrected chi connectivity index (χ3v) is 4.54. The van der Waals surface area contributed by atoms with Gasteiger partial charge in [0.25, 0.3) is 0 Å². The van der Waals surface area contributed by atoms with Crippen LogP contribution in [-0.4, -0.2) is 27.9 Å². The summed E-state index contributed by atoms with van der Waals surface area (Å²) in [6.07, 6.45) is 0.374. The van der Waals surface area contributed by atoms with Crippen LogP contribution >= 0.6 is 11.8 Å². The Hall–Kier alpha value is -2.01. The molecule has 0 saturated carbocycles. The molecular weight excluding hydrogens is 286 g/mol. The number of amides is 1. The summed E-state index contributed by atoms with van der Waals surface area (Å²) in [7, 11) is 0. The number of phenols is 1. The van der Waals surface area contributed by atoms with Crippen LogP contribution in [0.1, 0.15) is 13.3 Å². The van der Waals surface area contributed by atoms with E-state index in [-0.39, 0.29) is 22.0 Å². The molecule has 0 spiro atoms. The Morgan fingerprint density at radius 2 is 2.14 bits per heavy atom. The molecule has 1 aliphatic rings. The molecule has 1 saturated heterocycles. The van der Waals surface area contributed by atoms with E-state index in [0.29, 0.717) is 13.0 Å². The van der Waals surface area contributed by atoms with E-state index in [1.54, 1.807) is 17.0 Å². The number of rotatable bonds is 2. The first kappa shape index (κ1) is 13.9. The number of hydrogen-bond acceptors (Lipinski definition) is 4. The summed E-state index contributed by atoms with van der Waals surface area (Å²) >= 11 is 1.22. The predicted molar refractivity (Wildman–Crippen MR) is 84.6 cm³/mol. The number of fused-ring (bicyclic) bond motifs is 1. The Morgan fingerprint density at radius 1 is 1.33 bits per heavy atom. The molecule has 2 aromatic carbocycles. The molecule has 1 unspecified atom stereocenters. The maximum Gasteiger partial charge on any atom is 0.228 e. The van der Waals surface area contributed by atoms with Crippen molar-refractivity contribution in [2.24, 2.45) is 0 Å². The lowest BCUT2D eigenvalue weighted by atomic mass is 10.1. The van der Waals surface area contributed by atoms with Crippen molar-refractivity contribution in [3.8, 4) is 5.75 Å². The van der Waals surface area contributed by atoms with Crippen molar-refractivity contribution in [1.29, 1.82) is 0 Å². The number of thioether (sulfide) groups is 1. The van der Waals surface area contributed by atoms with Crippen LogP contribution < -0.4 is 4.90 Å². The molecule has 1 atom stereocenters. The van der Waals surface area contributed by atoms with Gasteiger partial charge in [-0.25, -0.2) is 0 Å². The minimum Gasteiger partial charge on any atom is -0.508 e. The zero-order valence-corrected chi connectivity index (χ0v) is 12.4. The van der Waals surface area contributed by atoms with Gasteiger partial charge in [0.1, 0.15) is 5.75 Å². The second-order valence-electron chi connectivity index (χ2n) is 5.12. The predicted octanol–water partition coefficient (Wildman–Crippen LogP) is 2.93. The Kier molecular flexibility index (Phi) is 3.59. The molecule has 1 N–H and O–H groups in total. The number of benzene rings is 2. The standard InChI is InChI=1S/C16H15NO3S/c1-10(18)21-13-8-16(20)17(9-13)15-4-2-3-11-5-6-12(19)7-14(11)15/h2-7,13,19H,8-9H2,1H3. The zero-order valence-electron chi connectivity index (χ0n) is 11.6. The van der Waals surface area contributed by atoms with Gasteiger partial charge >= 0.3 is 0 Å². The maximum atomic E-state index is 12.2. The Morgan fingerprint density at radius 3 is 2.90 bits per heavy atom. The highest BCUT2D eigenvalue weighted by Gasteiger charge is 2.32. The molecule has 0 bridgehead atoms. The van der Waals surface area contributed by atoms with Crippen molar-refractivity contribution in [2.75, 3.05) is 11.4 Å². The third kappa shape index (κ3) is 2.74. The maximum absolute atomic E-state index is 12.2. The highest BCUT2D eigenvalue weighted by Crippen LogP contribution is 2.34. The molecule has 1 aliphatic heterocycles. The SMILES string of the molecule is CC(=O)SC1CC(=O)N(c2cccc3ccc(O)cc23)C1. The number of hydrogen-bond donors (Lipinski definition) is 1. The average molecular weight is 301 g/mol. The summed E-state index contributed by atoms with van der Waals surface area (Å²) < 4.78 is 0. The van der Waals surface area contributed by atoms with Crippen LogP contribution in [0.4, 0.5) is 5.69 Å². The van der Waals surface area contributed by atoms with Crippen molar-refractivity contribution >= 4 is 39.2 Å². The summed E-state index contributed by atoms with van der Waals surface area (Å²) in [4.78, 5) is 25.2. The molecule has 2 aromatic rings. The molecular formula is C16H15NO3S. The first-order valence-corrected chi connectivity index (χ1v) is 7.62. The van der Waals surface area contributed by atoms with Crippen LogP contribution in [0.2, 0.25) is 0 Å². The highest BCUT2D eigenvalue weighted by atomic mass is 32.2. The van der Waals surface area contributed by atoms with E-state index >= 15 is 0 Å². The van der Waals surface area contributed by atoms with E-state index in [9.17, 15) is 14.7 Å². The summed E-state index contributed by atoms with van der Waals surface area (Å²) in [5.74, 6) is 0.195. The molecule has 3 rings (SSSR count). The van der Waals surface area contributed by atoms with Crippen molar-refractivity contribution < 1.29 is 14.7 Å². The van der Waals surface area contributed by atoms with Gasteiger partial charge in [-0.15, -0.1) is 0 Å². The van der Waals surface area contributed by atoms with Gasteiger partial charge in [-0.3, -0.25) is 9.59 Å². The fourth-order valence-electron chi connectivity index (χ4n) is 2.70. The molecule has 0 aliphatic carbocycles. The first-order chi connectivity index (χ1) is 10.0. The van der Waals surface area contributed by atoms with E-state index < -0.39 is 0 Å². The second kappa shape index (κ2) is 5.41. The van der Waals surface area contributed by atoms with Crippen LogP contribution in [0.25, 0.3) is 10.8 Å². The number of anilines is 1.